The number of nitrogens with two attached hydrogens (primary N) is 2. The van der Waals surface area contributed by atoms with Gasteiger partial charge in [-0.1, -0.05) is 44.2 Å². The molecule has 0 fully saturated rings. The lowest BCUT2D eigenvalue weighted by Crippen LogP contribution is -2.28. The number of nitrogens with one attached hydrogen (secondary N) is 2. The van der Waals surface area contributed by atoms with Gasteiger partial charge in [-0.25, -0.2) is 15.8 Å². The summed E-state index contributed by atoms with van der Waals surface area (Å²) in [6.45, 7) is 5.09. The van der Waals surface area contributed by atoms with E-state index in [4.69, 9.17) is 11.6 Å². The van der Waals surface area contributed by atoms with Crippen LogP contribution in [0, 0.1) is 5.92 Å². The number of aromatic nitrogens is 2. The van der Waals surface area contributed by atoms with Gasteiger partial charge in [-0.3, -0.25) is 9.59 Å². The van der Waals surface area contributed by atoms with Crippen molar-refractivity contribution in [2.45, 2.75) is 26.8 Å². The van der Waals surface area contributed by atoms with E-state index in [1.54, 1.807) is 12.3 Å². The molecule has 3 rings (SSSR count). The van der Waals surface area contributed by atoms with Crippen molar-refractivity contribution in [3.63, 3.8) is 0 Å². The predicted molar refractivity (Wildman–Crippen MR) is 129 cm³/mol. The number of benzene rings is 2. The topological polar surface area (TPSA) is 139 Å². The second-order valence-corrected chi connectivity index (χ2v) is 7.98. The van der Waals surface area contributed by atoms with Crippen molar-refractivity contribution < 1.29 is 9.59 Å². The van der Waals surface area contributed by atoms with Crippen LogP contribution in [-0.2, 0) is 6.54 Å². The normalized spacial score (nSPS) is 11.2. The second-order valence-electron chi connectivity index (χ2n) is 7.98. The molecule has 9 nitrogen and oxygen atoms in total. The molecular formula is C24H29N7O2. The number of hydrogen-bond donors (Lipinski definition) is 4. The van der Waals surface area contributed by atoms with Crippen molar-refractivity contribution in [2.75, 3.05) is 11.9 Å². The quantitative estimate of drug-likeness (QED) is 0.292. The summed E-state index contributed by atoms with van der Waals surface area (Å²) in [6.07, 6.45) is 6.63. The first-order valence-electron chi connectivity index (χ1n) is 10.7. The number of rotatable bonds is 9. The molecule has 0 saturated heterocycles. The van der Waals surface area contributed by atoms with Gasteiger partial charge >= 0.3 is 0 Å². The summed E-state index contributed by atoms with van der Waals surface area (Å²) in [7, 11) is 0. The maximum atomic E-state index is 13.2. The number of amides is 2. The Labute approximate surface area is 192 Å². The number of carbonyl (C=O) groups is 2. The molecule has 33 heavy (non-hydrogen) atoms. The molecule has 0 aliphatic rings. The third kappa shape index (κ3) is 6.05. The van der Waals surface area contributed by atoms with Gasteiger partial charge in [0, 0.05) is 36.9 Å². The van der Waals surface area contributed by atoms with E-state index >= 15 is 0 Å². The van der Waals surface area contributed by atoms with E-state index in [0.717, 1.165) is 22.8 Å². The Morgan fingerprint density at radius 3 is 2.52 bits per heavy atom. The molecule has 0 spiro atoms. The lowest BCUT2D eigenvalue weighted by Gasteiger charge is -2.16. The van der Waals surface area contributed by atoms with E-state index in [-0.39, 0.29) is 23.3 Å². The third-order valence-electron chi connectivity index (χ3n) is 5.04. The zero-order valence-corrected chi connectivity index (χ0v) is 18.8. The van der Waals surface area contributed by atoms with Gasteiger partial charge < -0.3 is 21.4 Å². The zero-order chi connectivity index (χ0) is 23.8. The first kappa shape index (κ1) is 23.7. The molecule has 3 aromatic rings. The summed E-state index contributed by atoms with van der Waals surface area (Å²) >= 11 is 0. The molecule has 9 heteroatoms. The molecule has 0 radical (unpaired) electrons. The van der Waals surface area contributed by atoms with Crippen LogP contribution in [-0.4, -0.2) is 33.3 Å². The summed E-state index contributed by atoms with van der Waals surface area (Å²) in [5, 5.41) is 8.67. The Hall–Kier alpha value is -3.98. The Morgan fingerprint density at radius 2 is 1.79 bits per heavy atom. The smallest absolute Gasteiger partial charge is 0.273 e. The SMILES string of the molecule is CC(C)CCNC(=O)c1nccnc1NC(=O)c1ccc(CN(N)/C=C\N)c2ccccc12. The molecule has 0 atom stereocenters. The van der Waals surface area contributed by atoms with Crippen LogP contribution in [0.3, 0.4) is 0 Å². The van der Waals surface area contributed by atoms with Crippen molar-refractivity contribution in [3.05, 3.63) is 78.0 Å². The molecule has 0 aliphatic carbocycles. The van der Waals surface area contributed by atoms with Crippen molar-refractivity contribution in [2.24, 2.45) is 17.5 Å². The van der Waals surface area contributed by atoms with Crippen molar-refractivity contribution >= 4 is 28.4 Å². The van der Waals surface area contributed by atoms with Crippen LogP contribution in [0.15, 0.2) is 61.2 Å². The second kappa shape index (κ2) is 11.1. The summed E-state index contributed by atoms with van der Waals surface area (Å²) in [4.78, 5) is 34.0. The molecule has 0 unspecified atom stereocenters. The highest BCUT2D eigenvalue weighted by Crippen LogP contribution is 2.25. The lowest BCUT2D eigenvalue weighted by molar-refractivity contribution is 0.0947. The van der Waals surface area contributed by atoms with Crippen LogP contribution in [0.25, 0.3) is 10.8 Å². The molecule has 2 amide bonds. The van der Waals surface area contributed by atoms with E-state index in [1.165, 1.54) is 23.6 Å². The zero-order valence-electron chi connectivity index (χ0n) is 18.8. The number of carbonyl (C=O) groups excluding carboxylic acids is 2. The molecular weight excluding hydrogens is 418 g/mol. The average Bonchev–Trinajstić information content (AvgIpc) is 2.79. The fraction of sp³-hybridized carbons (Fsp3) is 0.250. The molecule has 0 bridgehead atoms. The van der Waals surface area contributed by atoms with Gasteiger partial charge in [-0.05, 0) is 34.7 Å². The van der Waals surface area contributed by atoms with E-state index in [1.807, 2.05) is 30.3 Å². The Kier molecular flexibility index (Phi) is 7.93. The Bertz CT molecular complexity index is 1160. The van der Waals surface area contributed by atoms with Gasteiger partial charge in [0.15, 0.2) is 11.5 Å². The number of nitrogens with zero attached hydrogens (tertiary/aromatic N) is 3. The molecule has 1 aromatic heterocycles. The van der Waals surface area contributed by atoms with Crippen LogP contribution in [0.5, 0.6) is 0 Å². The molecule has 2 aromatic carbocycles. The minimum Gasteiger partial charge on any atom is -0.403 e. The summed E-state index contributed by atoms with van der Waals surface area (Å²) in [5.41, 5.74) is 6.87. The minimum absolute atomic E-state index is 0.0721. The predicted octanol–water partition coefficient (Wildman–Crippen LogP) is 2.76. The van der Waals surface area contributed by atoms with Gasteiger partial charge in [0.2, 0.25) is 0 Å². The average molecular weight is 448 g/mol. The summed E-state index contributed by atoms with van der Waals surface area (Å²) in [6, 6.07) is 11.1. The van der Waals surface area contributed by atoms with E-state index in [9.17, 15) is 9.59 Å². The fourth-order valence-corrected chi connectivity index (χ4v) is 3.39. The van der Waals surface area contributed by atoms with Crippen LogP contribution < -0.4 is 22.2 Å². The van der Waals surface area contributed by atoms with Gasteiger partial charge in [0.1, 0.15) is 0 Å². The van der Waals surface area contributed by atoms with Crippen molar-refractivity contribution in [1.82, 2.24) is 20.3 Å². The van der Waals surface area contributed by atoms with Gasteiger partial charge in [-0.2, -0.15) is 0 Å². The Balaban J connectivity index is 1.86. The summed E-state index contributed by atoms with van der Waals surface area (Å²) < 4.78 is 0. The largest absolute Gasteiger partial charge is 0.403 e. The first-order chi connectivity index (χ1) is 15.9. The van der Waals surface area contributed by atoms with Crippen LogP contribution >= 0.6 is 0 Å². The molecule has 1 heterocycles. The van der Waals surface area contributed by atoms with E-state index in [0.29, 0.717) is 24.6 Å². The monoisotopic (exact) mass is 447 g/mol. The van der Waals surface area contributed by atoms with Gasteiger partial charge in [0.05, 0.1) is 6.54 Å². The van der Waals surface area contributed by atoms with Crippen LogP contribution in [0.1, 0.15) is 46.7 Å². The highest BCUT2D eigenvalue weighted by atomic mass is 16.2. The summed E-state index contributed by atoms with van der Waals surface area (Å²) in [5.74, 6) is 5.74. The number of hydrogen-bond acceptors (Lipinski definition) is 7. The van der Waals surface area contributed by atoms with E-state index < -0.39 is 0 Å². The highest BCUT2D eigenvalue weighted by molar-refractivity contribution is 6.14. The number of anilines is 1. The number of hydrazine groups is 1. The van der Waals surface area contributed by atoms with Crippen molar-refractivity contribution in [3.8, 4) is 0 Å². The van der Waals surface area contributed by atoms with Gasteiger partial charge in [-0.15, -0.1) is 0 Å². The first-order valence-corrected chi connectivity index (χ1v) is 10.7. The highest BCUT2D eigenvalue weighted by Gasteiger charge is 2.19. The van der Waals surface area contributed by atoms with Crippen LogP contribution in [0.2, 0.25) is 0 Å². The molecule has 6 N–H and O–H groups in total. The standard InChI is InChI=1S/C24H29N7O2/c1-16(2)9-11-29-24(33)21-22(28-13-12-27-21)30-23(32)20-8-7-17(15-31(26)14-10-25)18-5-3-4-6-19(18)20/h3-8,10,12-14,16H,9,11,15,25-26H2,1-2H3,(H,29,33)(H,28,30,32)/b14-10-. The fourth-order valence-electron chi connectivity index (χ4n) is 3.39. The van der Waals surface area contributed by atoms with Crippen molar-refractivity contribution in [1.29, 1.82) is 0 Å². The van der Waals surface area contributed by atoms with Crippen LogP contribution in [0.4, 0.5) is 5.82 Å². The molecule has 0 aliphatic heterocycles. The third-order valence-corrected chi connectivity index (χ3v) is 5.04. The molecule has 172 valence electrons. The number of fused-ring (bicyclic) bond motifs is 1. The maximum Gasteiger partial charge on any atom is 0.273 e. The van der Waals surface area contributed by atoms with Gasteiger partial charge in [0.25, 0.3) is 11.8 Å². The van der Waals surface area contributed by atoms with E-state index in [2.05, 4.69) is 34.4 Å². The Morgan fingerprint density at radius 1 is 1.06 bits per heavy atom. The minimum atomic E-state index is -0.388. The maximum absolute atomic E-state index is 13.2. The lowest BCUT2D eigenvalue weighted by atomic mass is 9.99. The molecule has 0 saturated carbocycles.